The fourth-order valence-electron chi connectivity index (χ4n) is 3.07. The van der Waals surface area contributed by atoms with E-state index in [9.17, 15) is 14.4 Å². The molecule has 9 heteroatoms. The monoisotopic (exact) mass is 518 g/mol. The van der Waals surface area contributed by atoms with Crippen LogP contribution in [-0.4, -0.2) is 42.2 Å². The van der Waals surface area contributed by atoms with Gasteiger partial charge in [-0.15, -0.1) is 0 Å². The SMILES string of the molecule is CCN1C(=O)S/C(=C/c2ccc(OCC(=O)Nc3ccc(Br)c(C)c3C)c(OC)c2)C1=O. The Morgan fingerprint density at radius 3 is 2.56 bits per heavy atom. The molecule has 0 saturated carbocycles. The van der Waals surface area contributed by atoms with E-state index < -0.39 is 0 Å². The van der Waals surface area contributed by atoms with Gasteiger partial charge in [0.15, 0.2) is 18.1 Å². The summed E-state index contributed by atoms with van der Waals surface area (Å²) >= 11 is 4.38. The first-order valence-electron chi connectivity index (χ1n) is 9.86. The lowest BCUT2D eigenvalue weighted by atomic mass is 10.1. The van der Waals surface area contributed by atoms with Gasteiger partial charge in [-0.3, -0.25) is 19.3 Å². The van der Waals surface area contributed by atoms with Gasteiger partial charge in [-0.05, 0) is 79.6 Å². The highest BCUT2D eigenvalue weighted by Crippen LogP contribution is 2.34. The maximum absolute atomic E-state index is 12.4. The van der Waals surface area contributed by atoms with Gasteiger partial charge in [-0.25, -0.2) is 0 Å². The van der Waals surface area contributed by atoms with Crippen LogP contribution in [-0.2, 0) is 9.59 Å². The average Bonchev–Trinajstić information content (AvgIpc) is 3.05. The Hall–Kier alpha value is -2.78. The first-order chi connectivity index (χ1) is 15.2. The lowest BCUT2D eigenvalue weighted by Gasteiger charge is -2.14. The van der Waals surface area contributed by atoms with Crippen LogP contribution >= 0.6 is 27.7 Å². The molecule has 0 atom stereocenters. The molecule has 2 aromatic rings. The van der Waals surface area contributed by atoms with Crippen LogP contribution in [0.3, 0.4) is 0 Å². The molecule has 1 aliphatic heterocycles. The number of likely N-dealkylation sites (N-methyl/N-ethyl adjacent to an activating group) is 1. The molecule has 0 radical (unpaired) electrons. The molecule has 0 spiro atoms. The molecule has 1 N–H and O–H groups in total. The second-order valence-corrected chi connectivity index (χ2v) is 8.87. The molecule has 1 fully saturated rings. The number of hydrogen-bond donors (Lipinski definition) is 1. The summed E-state index contributed by atoms with van der Waals surface area (Å²) < 4.78 is 12.0. The summed E-state index contributed by atoms with van der Waals surface area (Å²) in [6.07, 6.45) is 1.64. The minimum absolute atomic E-state index is 0.195. The van der Waals surface area contributed by atoms with Crippen molar-refractivity contribution < 1.29 is 23.9 Å². The van der Waals surface area contributed by atoms with Crippen molar-refractivity contribution in [3.8, 4) is 11.5 Å². The smallest absolute Gasteiger partial charge is 0.293 e. The third kappa shape index (κ3) is 5.16. The van der Waals surface area contributed by atoms with Crippen LogP contribution in [0.4, 0.5) is 10.5 Å². The number of amides is 3. The van der Waals surface area contributed by atoms with Gasteiger partial charge in [-0.1, -0.05) is 22.0 Å². The first-order valence-corrected chi connectivity index (χ1v) is 11.5. The summed E-state index contributed by atoms with van der Waals surface area (Å²) in [5.41, 5.74) is 3.43. The molecule has 7 nitrogen and oxygen atoms in total. The predicted molar refractivity (Wildman–Crippen MR) is 129 cm³/mol. The van der Waals surface area contributed by atoms with Gasteiger partial charge in [0, 0.05) is 16.7 Å². The molecular weight excluding hydrogens is 496 g/mol. The molecule has 0 bridgehead atoms. The quantitative estimate of drug-likeness (QED) is 0.510. The standard InChI is InChI=1S/C23H23BrN2O5S/c1-5-26-22(28)20(32-23(26)29)11-15-6-9-18(19(10-15)30-4)31-12-21(27)25-17-8-7-16(24)13(2)14(17)3/h6-11H,5,12H2,1-4H3,(H,25,27)/b20-11+. The van der Waals surface area contributed by atoms with Crippen molar-refractivity contribution in [1.82, 2.24) is 4.90 Å². The molecular formula is C23H23BrN2O5S. The number of methoxy groups -OCH3 is 1. The summed E-state index contributed by atoms with van der Waals surface area (Å²) in [6, 6.07) is 8.81. The van der Waals surface area contributed by atoms with Gasteiger partial charge in [-0.2, -0.15) is 0 Å². The molecule has 2 aromatic carbocycles. The normalized spacial score (nSPS) is 14.8. The molecule has 3 amide bonds. The summed E-state index contributed by atoms with van der Waals surface area (Å²) in [5.74, 6) is 0.202. The number of rotatable bonds is 7. The van der Waals surface area contributed by atoms with Crippen molar-refractivity contribution in [3.63, 3.8) is 0 Å². The van der Waals surface area contributed by atoms with Crippen LogP contribution in [0.25, 0.3) is 6.08 Å². The second kappa shape index (κ2) is 10.2. The maximum atomic E-state index is 12.4. The van der Waals surface area contributed by atoms with Gasteiger partial charge in [0.2, 0.25) is 0 Å². The van der Waals surface area contributed by atoms with Crippen molar-refractivity contribution in [2.75, 3.05) is 25.6 Å². The average molecular weight is 519 g/mol. The number of carbonyl (C=O) groups is 3. The van der Waals surface area contributed by atoms with Gasteiger partial charge in [0.05, 0.1) is 12.0 Å². The molecule has 1 aliphatic rings. The van der Waals surface area contributed by atoms with E-state index in [0.717, 1.165) is 33.0 Å². The van der Waals surface area contributed by atoms with E-state index in [-0.39, 0.29) is 23.7 Å². The van der Waals surface area contributed by atoms with Gasteiger partial charge in [0.1, 0.15) is 0 Å². The number of nitrogens with zero attached hydrogens (tertiary/aromatic N) is 1. The van der Waals surface area contributed by atoms with E-state index in [1.165, 1.54) is 12.0 Å². The lowest BCUT2D eigenvalue weighted by molar-refractivity contribution is -0.122. The third-order valence-electron chi connectivity index (χ3n) is 5.03. The number of hydrogen-bond acceptors (Lipinski definition) is 6. The van der Waals surface area contributed by atoms with Crippen LogP contribution in [0, 0.1) is 13.8 Å². The number of halogens is 1. The van der Waals surface area contributed by atoms with Gasteiger partial charge in [0.25, 0.3) is 17.1 Å². The molecule has 3 rings (SSSR count). The van der Waals surface area contributed by atoms with Crippen molar-refractivity contribution in [3.05, 3.63) is 56.4 Å². The first kappa shape index (κ1) is 23.9. The zero-order chi connectivity index (χ0) is 23.4. The Labute approximate surface area is 199 Å². The largest absolute Gasteiger partial charge is 0.493 e. The molecule has 168 valence electrons. The molecule has 0 aromatic heterocycles. The van der Waals surface area contributed by atoms with Crippen LogP contribution in [0.2, 0.25) is 0 Å². The zero-order valence-corrected chi connectivity index (χ0v) is 20.6. The lowest BCUT2D eigenvalue weighted by Crippen LogP contribution is -2.27. The van der Waals surface area contributed by atoms with Gasteiger partial charge < -0.3 is 14.8 Å². The summed E-state index contributed by atoms with van der Waals surface area (Å²) in [4.78, 5) is 38.1. The topological polar surface area (TPSA) is 84.9 Å². The highest BCUT2D eigenvalue weighted by Gasteiger charge is 2.33. The molecule has 1 saturated heterocycles. The highest BCUT2D eigenvalue weighted by atomic mass is 79.9. The second-order valence-electron chi connectivity index (χ2n) is 7.02. The molecule has 0 aliphatic carbocycles. The Balaban J connectivity index is 1.69. The number of imide groups is 1. The van der Waals surface area contributed by atoms with E-state index in [1.807, 2.05) is 26.0 Å². The summed E-state index contributed by atoms with van der Waals surface area (Å²) in [7, 11) is 1.49. The fraction of sp³-hybridized carbons (Fsp3) is 0.261. The van der Waals surface area contributed by atoms with E-state index >= 15 is 0 Å². The van der Waals surface area contributed by atoms with Crippen molar-refractivity contribution >= 4 is 56.5 Å². The van der Waals surface area contributed by atoms with E-state index in [0.29, 0.717) is 28.5 Å². The van der Waals surface area contributed by atoms with Crippen LogP contribution in [0.5, 0.6) is 11.5 Å². The third-order valence-corrected chi connectivity index (χ3v) is 6.80. The van der Waals surface area contributed by atoms with E-state index in [4.69, 9.17) is 9.47 Å². The Morgan fingerprint density at radius 2 is 1.91 bits per heavy atom. The zero-order valence-electron chi connectivity index (χ0n) is 18.2. The van der Waals surface area contributed by atoms with Crippen molar-refractivity contribution in [2.45, 2.75) is 20.8 Å². The van der Waals surface area contributed by atoms with Crippen LogP contribution in [0.1, 0.15) is 23.6 Å². The molecule has 0 unspecified atom stereocenters. The van der Waals surface area contributed by atoms with Crippen molar-refractivity contribution in [1.29, 1.82) is 0 Å². The number of anilines is 1. The number of nitrogens with one attached hydrogen (secondary N) is 1. The van der Waals surface area contributed by atoms with E-state index in [2.05, 4.69) is 21.2 Å². The summed E-state index contributed by atoms with van der Waals surface area (Å²) in [6.45, 7) is 5.80. The predicted octanol–water partition coefficient (Wildman–Crippen LogP) is 5.15. The summed E-state index contributed by atoms with van der Waals surface area (Å²) in [5, 5.41) is 2.57. The molecule has 32 heavy (non-hydrogen) atoms. The number of ether oxygens (including phenoxy) is 2. The van der Waals surface area contributed by atoms with Crippen LogP contribution in [0.15, 0.2) is 39.7 Å². The minimum atomic E-state index is -0.308. The Bertz CT molecular complexity index is 1120. The maximum Gasteiger partial charge on any atom is 0.293 e. The fourth-order valence-corrected chi connectivity index (χ4v) is 4.40. The van der Waals surface area contributed by atoms with Crippen LogP contribution < -0.4 is 14.8 Å². The van der Waals surface area contributed by atoms with Crippen molar-refractivity contribution in [2.24, 2.45) is 0 Å². The highest BCUT2D eigenvalue weighted by molar-refractivity contribution is 9.10. The number of thioether (sulfide) groups is 1. The Morgan fingerprint density at radius 1 is 1.16 bits per heavy atom. The minimum Gasteiger partial charge on any atom is -0.493 e. The molecule has 1 heterocycles. The number of benzene rings is 2. The number of carbonyl (C=O) groups excluding carboxylic acids is 3. The van der Waals surface area contributed by atoms with E-state index in [1.54, 1.807) is 31.2 Å². The van der Waals surface area contributed by atoms with Gasteiger partial charge >= 0.3 is 0 Å². The Kier molecular flexibility index (Phi) is 7.63.